The Hall–Kier alpha value is -1.23. The minimum absolute atomic E-state index is 0.275. The molecule has 17 heavy (non-hydrogen) atoms. The Kier molecular flexibility index (Phi) is 4.03. The van der Waals surface area contributed by atoms with E-state index in [0.29, 0.717) is 5.75 Å². The van der Waals surface area contributed by atoms with E-state index in [0.717, 1.165) is 0 Å². The predicted molar refractivity (Wildman–Crippen MR) is 66.7 cm³/mol. The van der Waals surface area contributed by atoms with E-state index in [1.807, 2.05) is 0 Å². The van der Waals surface area contributed by atoms with E-state index in [2.05, 4.69) is 13.2 Å². The van der Waals surface area contributed by atoms with E-state index < -0.39 is 16.1 Å². The van der Waals surface area contributed by atoms with E-state index in [1.165, 1.54) is 32.1 Å². The quantitative estimate of drug-likeness (QED) is 0.564. The van der Waals surface area contributed by atoms with Crippen LogP contribution in [0.25, 0.3) is 0 Å². The summed E-state index contributed by atoms with van der Waals surface area (Å²) in [4.78, 5) is 23.6. The van der Waals surface area contributed by atoms with Gasteiger partial charge in [0, 0.05) is 5.75 Å². The van der Waals surface area contributed by atoms with Gasteiger partial charge in [-0.05, 0) is 6.42 Å². The van der Waals surface area contributed by atoms with Gasteiger partial charge in [-0.25, -0.2) is 0 Å². The van der Waals surface area contributed by atoms with E-state index in [4.69, 9.17) is 9.47 Å². The number of rotatable bonds is 4. The highest BCUT2D eigenvalue weighted by Crippen LogP contribution is 2.51. The molecule has 0 spiro atoms. The van der Waals surface area contributed by atoms with Crippen molar-refractivity contribution in [2.24, 2.45) is 5.41 Å². The first-order valence-electron chi connectivity index (χ1n) is 5.08. The summed E-state index contributed by atoms with van der Waals surface area (Å²) in [7, 11) is 2.64. The maximum Gasteiger partial charge on any atom is 0.325 e. The molecule has 2 atom stereocenters. The van der Waals surface area contributed by atoms with Crippen molar-refractivity contribution >= 4 is 23.7 Å². The minimum atomic E-state index is -0.892. The van der Waals surface area contributed by atoms with Crippen LogP contribution in [0.2, 0.25) is 0 Å². The molecule has 0 aromatic heterocycles. The summed E-state index contributed by atoms with van der Waals surface area (Å²) >= 11 is 1.33. The summed E-state index contributed by atoms with van der Waals surface area (Å²) in [6, 6.07) is 0. The Morgan fingerprint density at radius 3 is 2.18 bits per heavy atom. The monoisotopic (exact) mass is 256 g/mol. The SMILES string of the molecule is C=C[C@@]1(C(=O)OC)CS[C@@](C=C)(C(=O)OC)C1. The molecule has 1 saturated heterocycles. The lowest BCUT2D eigenvalue weighted by atomic mass is 9.81. The van der Waals surface area contributed by atoms with Gasteiger partial charge in [-0.3, -0.25) is 9.59 Å². The lowest BCUT2D eigenvalue weighted by molar-refractivity contribution is -0.149. The van der Waals surface area contributed by atoms with Gasteiger partial charge in [-0.2, -0.15) is 0 Å². The number of carbonyl (C=O) groups is 2. The molecule has 0 aromatic rings. The van der Waals surface area contributed by atoms with Crippen LogP contribution in [-0.4, -0.2) is 36.7 Å². The molecular weight excluding hydrogens is 240 g/mol. The Labute approximate surface area is 105 Å². The van der Waals surface area contributed by atoms with Crippen LogP contribution >= 0.6 is 11.8 Å². The highest BCUT2D eigenvalue weighted by molar-refractivity contribution is 8.01. The molecule has 1 heterocycles. The van der Waals surface area contributed by atoms with Gasteiger partial charge in [0.15, 0.2) is 0 Å². The molecule has 0 unspecified atom stereocenters. The van der Waals surface area contributed by atoms with Crippen LogP contribution in [0.4, 0.5) is 0 Å². The highest BCUT2D eigenvalue weighted by atomic mass is 32.2. The molecule has 0 aromatic carbocycles. The lowest BCUT2D eigenvalue weighted by Gasteiger charge is -2.24. The fraction of sp³-hybridized carbons (Fsp3) is 0.500. The standard InChI is InChI=1S/C12H16O4S/c1-5-11(9(13)15-3)7-12(6-2,17-8-11)10(14)16-4/h5-6H,1-2,7-8H2,3-4H3/t11-,12+/m0/s1. The van der Waals surface area contributed by atoms with E-state index in [9.17, 15) is 9.59 Å². The number of carbonyl (C=O) groups excluding carboxylic acids is 2. The van der Waals surface area contributed by atoms with Crippen LogP contribution in [0.3, 0.4) is 0 Å². The van der Waals surface area contributed by atoms with Crippen LogP contribution in [-0.2, 0) is 19.1 Å². The van der Waals surface area contributed by atoms with Gasteiger partial charge in [-0.15, -0.1) is 24.9 Å². The van der Waals surface area contributed by atoms with Crippen molar-refractivity contribution in [3.8, 4) is 0 Å². The summed E-state index contributed by atoms with van der Waals surface area (Å²) < 4.78 is 8.64. The van der Waals surface area contributed by atoms with E-state index in [1.54, 1.807) is 6.08 Å². The molecule has 5 heteroatoms. The van der Waals surface area contributed by atoms with Crippen molar-refractivity contribution in [3.63, 3.8) is 0 Å². The van der Waals surface area contributed by atoms with Crippen LogP contribution in [0.5, 0.6) is 0 Å². The van der Waals surface area contributed by atoms with Gasteiger partial charge in [0.2, 0.25) is 0 Å². The van der Waals surface area contributed by atoms with Gasteiger partial charge in [0.05, 0.1) is 19.6 Å². The Morgan fingerprint density at radius 1 is 1.18 bits per heavy atom. The second kappa shape index (κ2) is 4.96. The first-order valence-corrected chi connectivity index (χ1v) is 6.07. The number of hydrogen-bond acceptors (Lipinski definition) is 5. The number of methoxy groups -OCH3 is 2. The van der Waals surface area contributed by atoms with Crippen molar-refractivity contribution in [1.29, 1.82) is 0 Å². The molecule has 0 radical (unpaired) electrons. The first-order chi connectivity index (χ1) is 8.00. The van der Waals surface area contributed by atoms with Crippen molar-refractivity contribution in [1.82, 2.24) is 0 Å². The first kappa shape index (κ1) is 13.8. The Bertz CT molecular complexity index is 332. The molecule has 0 bridgehead atoms. The molecule has 0 saturated carbocycles. The van der Waals surface area contributed by atoms with Gasteiger partial charge >= 0.3 is 11.9 Å². The lowest BCUT2D eigenvalue weighted by Crippen LogP contribution is -2.37. The molecule has 1 aliphatic heterocycles. The van der Waals surface area contributed by atoms with Crippen LogP contribution in [0.15, 0.2) is 25.3 Å². The molecule has 0 amide bonds. The topological polar surface area (TPSA) is 52.6 Å². The fourth-order valence-electron chi connectivity index (χ4n) is 1.90. The summed E-state index contributed by atoms with van der Waals surface area (Å²) in [5.74, 6) is -0.345. The second-order valence-corrected chi connectivity index (χ2v) is 5.21. The van der Waals surface area contributed by atoms with Crippen molar-refractivity contribution in [2.45, 2.75) is 11.2 Å². The number of ether oxygens (including phenoxy) is 2. The zero-order valence-electron chi connectivity index (χ0n) is 10.0. The van der Waals surface area contributed by atoms with Crippen molar-refractivity contribution in [2.75, 3.05) is 20.0 Å². The zero-order valence-corrected chi connectivity index (χ0v) is 10.8. The molecular formula is C12H16O4S. The molecule has 1 fully saturated rings. The fourth-order valence-corrected chi connectivity index (χ4v) is 3.43. The summed E-state index contributed by atoms with van der Waals surface area (Å²) in [5.41, 5.74) is -0.845. The maximum atomic E-state index is 11.8. The molecule has 1 rings (SSSR count). The smallest absolute Gasteiger partial charge is 0.325 e. The molecule has 0 N–H and O–H groups in total. The average molecular weight is 256 g/mol. The van der Waals surface area contributed by atoms with Gasteiger partial charge in [-0.1, -0.05) is 12.2 Å². The van der Waals surface area contributed by atoms with Gasteiger partial charge in [0.25, 0.3) is 0 Å². The normalized spacial score (nSPS) is 31.6. The number of hydrogen-bond donors (Lipinski definition) is 0. The summed E-state index contributed by atoms with van der Waals surface area (Å²) in [6.45, 7) is 7.33. The molecule has 4 nitrogen and oxygen atoms in total. The maximum absolute atomic E-state index is 11.8. The van der Waals surface area contributed by atoms with Crippen molar-refractivity contribution < 1.29 is 19.1 Å². The number of esters is 2. The minimum Gasteiger partial charge on any atom is -0.468 e. The van der Waals surface area contributed by atoms with E-state index in [-0.39, 0.29) is 12.4 Å². The zero-order chi connectivity index (χ0) is 13.1. The molecule has 94 valence electrons. The predicted octanol–water partition coefficient (Wildman–Crippen LogP) is 1.57. The van der Waals surface area contributed by atoms with Crippen molar-refractivity contribution in [3.05, 3.63) is 25.3 Å². The Balaban J connectivity index is 3.07. The third-order valence-electron chi connectivity index (χ3n) is 3.01. The Morgan fingerprint density at radius 2 is 1.76 bits per heavy atom. The van der Waals surface area contributed by atoms with Crippen LogP contribution in [0, 0.1) is 5.41 Å². The third kappa shape index (κ3) is 2.11. The summed E-state index contributed by atoms with van der Waals surface area (Å²) in [5, 5.41) is 0. The highest BCUT2D eigenvalue weighted by Gasteiger charge is 2.55. The van der Waals surface area contributed by atoms with Gasteiger partial charge < -0.3 is 9.47 Å². The van der Waals surface area contributed by atoms with Crippen LogP contribution in [0.1, 0.15) is 6.42 Å². The second-order valence-electron chi connectivity index (χ2n) is 3.90. The number of thioether (sulfide) groups is 1. The summed E-state index contributed by atoms with van der Waals surface area (Å²) in [6.07, 6.45) is 3.34. The van der Waals surface area contributed by atoms with Crippen LogP contribution < -0.4 is 0 Å². The van der Waals surface area contributed by atoms with E-state index >= 15 is 0 Å². The molecule has 1 aliphatic rings. The largest absolute Gasteiger partial charge is 0.468 e. The molecule has 0 aliphatic carbocycles. The van der Waals surface area contributed by atoms with Gasteiger partial charge in [0.1, 0.15) is 4.75 Å². The third-order valence-corrected chi connectivity index (χ3v) is 4.66. The average Bonchev–Trinajstić information content (AvgIpc) is 2.78.